The number of aliphatic hydroxyl groups excluding tert-OH is 1. The van der Waals surface area contributed by atoms with Crippen LogP contribution in [0.1, 0.15) is 59.3 Å². The molecule has 9 heteroatoms. The topological polar surface area (TPSA) is 105 Å². The first kappa shape index (κ1) is 22.7. The molecule has 34 heavy (non-hydrogen) atoms. The van der Waals surface area contributed by atoms with E-state index in [0.29, 0.717) is 31.0 Å². The Balaban J connectivity index is 1.27. The highest BCUT2D eigenvalue weighted by atomic mass is 16.5. The van der Waals surface area contributed by atoms with Gasteiger partial charge in [-0.15, -0.1) is 0 Å². The van der Waals surface area contributed by atoms with Gasteiger partial charge in [0.15, 0.2) is 5.82 Å². The summed E-state index contributed by atoms with van der Waals surface area (Å²) in [6.45, 7) is 6.21. The molecule has 0 unspecified atom stereocenters. The molecule has 2 fully saturated rings. The van der Waals surface area contributed by atoms with Crippen molar-refractivity contribution in [2.24, 2.45) is 12.5 Å². The molecule has 4 heterocycles. The summed E-state index contributed by atoms with van der Waals surface area (Å²) in [5, 5.41) is 15.4. The molecule has 1 spiro atoms. The fourth-order valence-electron chi connectivity index (χ4n) is 5.64. The molecule has 2 saturated heterocycles. The lowest BCUT2D eigenvalue weighted by atomic mass is 9.76. The van der Waals surface area contributed by atoms with E-state index >= 15 is 0 Å². The number of anilines is 1. The number of likely N-dealkylation sites (tertiary alicyclic amines) is 1. The molecule has 9 nitrogen and oxygen atoms in total. The Morgan fingerprint density at radius 2 is 1.76 bits per heavy atom. The monoisotopic (exact) mass is 466 g/mol. The second kappa shape index (κ2) is 8.32. The van der Waals surface area contributed by atoms with Crippen molar-refractivity contribution in [3.63, 3.8) is 0 Å². The maximum Gasteiger partial charge on any atom is 0.338 e. The normalized spacial score (nSPS) is 21.6. The maximum atomic E-state index is 13.4. The predicted molar refractivity (Wildman–Crippen MR) is 124 cm³/mol. The Labute approximate surface area is 197 Å². The average Bonchev–Trinajstić information content (AvgIpc) is 3.36. The molecule has 0 saturated carbocycles. The molecule has 1 amide bonds. The highest BCUT2D eigenvalue weighted by molar-refractivity contribution is 5.99. The van der Waals surface area contributed by atoms with Crippen LogP contribution >= 0.6 is 0 Å². The maximum absolute atomic E-state index is 13.4. The van der Waals surface area contributed by atoms with Crippen LogP contribution in [0.15, 0.2) is 29.1 Å². The molecular weight excluding hydrogens is 436 g/mol. The largest absolute Gasteiger partial charge is 0.457 e. The number of aromatic nitrogens is 2. The summed E-state index contributed by atoms with van der Waals surface area (Å²) in [4.78, 5) is 40.8. The van der Waals surface area contributed by atoms with Gasteiger partial charge in [-0.2, -0.15) is 5.10 Å². The van der Waals surface area contributed by atoms with Crippen LogP contribution in [0.5, 0.6) is 0 Å². The summed E-state index contributed by atoms with van der Waals surface area (Å²) in [5.41, 5.74) is 2.53. The molecule has 0 radical (unpaired) electrons. The first-order valence-corrected chi connectivity index (χ1v) is 11.8. The Kier molecular flexibility index (Phi) is 5.56. The standard InChI is InChI=1S/C25H30N4O5/c1-15-17(4-5-18-19(15)14-34-23(18)32)22(31)16(2)28-11-8-25(9-12-28)10-13-29(24(25)33)20-6-7-21(30)27(3)26-20/h4-7,16,22,31H,8-14H2,1-3H3/t16-,22-/m0/s1. The SMILES string of the molecule is Cc1c([C@@H](O)[C@H](C)N2CCC3(CCN(c4ccc(=O)n(C)n4)C3=O)CC2)ccc2c1COC2=O. The molecule has 0 aliphatic carbocycles. The number of hydrogen-bond donors (Lipinski definition) is 1. The third-order valence-electron chi connectivity index (χ3n) is 8.05. The molecule has 0 bridgehead atoms. The van der Waals surface area contributed by atoms with Crippen molar-refractivity contribution in [2.45, 2.75) is 51.9 Å². The van der Waals surface area contributed by atoms with Crippen molar-refractivity contribution < 1.29 is 19.4 Å². The van der Waals surface area contributed by atoms with Crippen LogP contribution in [0, 0.1) is 12.3 Å². The third kappa shape index (κ3) is 3.54. The van der Waals surface area contributed by atoms with Crippen molar-refractivity contribution in [1.82, 2.24) is 14.7 Å². The zero-order chi connectivity index (χ0) is 24.2. The van der Waals surface area contributed by atoms with Crippen molar-refractivity contribution in [3.8, 4) is 0 Å². The van der Waals surface area contributed by atoms with E-state index in [0.717, 1.165) is 36.0 Å². The van der Waals surface area contributed by atoms with Gasteiger partial charge in [0, 0.05) is 31.3 Å². The quantitative estimate of drug-likeness (QED) is 0.684. The van der Waals surface area contributed by atoms with E-state index in [9.17, 15) is 19.5 Å². The minimum absolute atomic E-state index is 0.0747. The Morgan fingerprint density at radius 3 is 2.47 bits per heavy atom. The van der Waals surface area contributed by atoms with Crippen LogP contribution in [0.3, 0.4) is 0 Å². The van der Waals surface area contributed by atoms with Crippen LogP contribution in [0.4, 0.5) is 5.82 Å². The van der Waals surface area contributed by atoms with Gasteiger partial charge >= 0.3 is 5.97 Å². The lowest BCUT2D eigenvalue weighted by molar-refractivity contribution is -0.128. The van der Waals surface area contributed by atoms with Gasteiger partial charge in [-0.1, -0.05) is 6.07 Å². The smallest absolute Gasteiger partial charge is 0.338 e. The number of aliphatic hydroxyl groups is 1. The second-order valence-corrected chi connectivity index (χ2v) is 9.74. The fourth-order valence-corrected chi connectivity index (χ4v) is 5.64. The van der Waals surface area contributed by atoms with E-state index < -0.39 is 11.5 Å². The predicted octanol–water partition coefficient (Wildman–Crippen LogP) is 1.70. The number of carbonyl (C=O) groups excluding carboxylic acids is 2. The molecule has 1 N–H and O–H groups in total. The van der Waals surface area contributed by atoms with Crippen LogP contribution in [0.25, 0.3) is 0 Å². The molecule has 1 aromatic carbocycles. The van der Waals surface area contributed by atoms with Crippen molar-refractivity contribution in [3.05, 3.63) is 56.9 Å². The van der Waals surface area contributed by atoms with E-state index in [-0.39, 0.29) is 30.1 Å². The van der Waals surface area contributed by atoms with E-state index in [1.54, 1.807) is 24.1 Å². The number of nitrogens with zero attached hydrogens (tertiary/aromatic N) is 4. The van der Waals surface area contributed by atoms with Crippen LogP contribution in [-0.2, 0) is 23.2 Å². The lowest BCUT2D eigenvalue weighted by Crippen LogP contribution is -2.49. The van der Waals surface area contributed by atoms with E-state index in [1.807, 2.05) is 19.9 Å². The number of benzene rings is 1. The molecular formula is C25H30N4O5. The average molecular weight is 467 g/mol. The van der Waals surface area contributed by atoms with Crippen LogP contribution in [0.2, 0.25) is 0 Å². The molecule has 3 aliphatic rings. The Hall–Kier alpha value is -3.04. The lowest BCUT2D eigenvalue weighted by Gasteiger charge is -2.42. The second-order valence-electron chi connectivity index (χ2n) is 9.74. The highest BCUT2D eigenvalue weighted by Gasteiger charge is 2.49. The molecule has 5 rings (SSSR count). The van der Waals surface area contributed by atoms with Gasteiger partial charge < -0.3 is 9.84 Å². The van der Waals surface area contributed by atoms with Crippen LogP contribution in [-0.4, -0.2) is 57.3 Å². The number of ether oxygens (including phenoxy) is 1. The molecule has 2 atom stereocenters. The van der Waals surface area contributed by atoms with E-state index in [2.05, 4.69) is 10.00 Å². The zero-order valence-electron chi connectivity index (χ0n) is 19.8. The number of hydrogen-bond acceptors (Lipinski definition) is 7. The zero-order valence-corrected chi connectivity index (χ0v) is 19.8. The van der Waals surface area contributed by atoms with E-state index in [4.69, 9.17) is 4.74 Å². The number of amides is 1. The van der Waals surface area contributed by atoms with Gasteiger partial charge in [-0.3, -0.25) is 19.4 Å². The Morgan fingerprint density at radius 1 is 1.06 bits per heavy atom. The number of carbonyl (C=O) groups is 2. The number of fused-ring (bicyclic) bond motifs is 1. The number of aryl methyl sites for hydroxylation is 1. The number of rotatable bonds is 4. The number of piperidine rings is 1. The molecule has 2 aromatic rings. The number of esters is 1. The van der Waals surface area contributed by atoms with Gasteiger partial charge in [-0.25, -0.2) is 9.48 Å². The summed E-state index contributed by atoms with van der Waals surface area (Å²) in [5.74, 6) is 0.284. The van der Waals surface area contributed by atoms with Gasteiger partial charge in [0.25, 0.3) is 5.56 Å². The van der Waals surface area contributed by atoms with Gasteiger partial charge in [0.05, 0.1) is 17.1 Å². The summed E-state index contributed by atoms with van der Waals surface area (Å²) in [6, 6.07) is 6.49. The van der Waals surface area contributed by atoms with E-state index in [1.165, 1.54) is 10.7 Å². The minimum Gasteiger partial charge on any atom is -0.457 e. The Bertz CT molecular complexity index is 1210. The summed E-state index contributed by atoms with van der Waals surface area (Å²) >= 11 is 0. The van der Waals surface area contributed by atoms with Crippen molar-refractivity contribution in [2.75, 3.05) is 24.5 Å². The van der Waals surface area contributed by atoms with Crippen LogP contribution < -0.4 is 10.5 Å². The fraction of sp³-hybridized carbons (Fsp3) is 0.520. The van der Waals surface area contributed by atoms with Gasteiger partial charge in [0.2, 0.25) is 5.91 Å². The van der Waals surface area contributed by atoms with Crippen molar-refractivity contribution >= 4 is 17.7 Å². The summed E-state index contributed by atoms with van der Waals surface area (Å²) in [7, 11) is 1.58. The molecule has 1 aromatic heterocycles. The highest BCUT2D eigenvalue weighted by Crippen LogP contribution is 2.43. The summed E-state index contributed by atoms with van der Waals surface area (Å²) in [6.07, 6.45) is 1.49. The van der Waals surface area contributed by atoms with Gasteiger partial charge in [0.1, 0.15) is 6.61 Å². The molecule has 180 valence electrons. The minimum atomic E-state index is -0.708. The third-order valence-corrected chi connectivity index (χ3v) is 8.05. The first-order chi connectivity index (χ1) is 16.2. The molecule has 3 aliphatic heterocycles. The van der Waals surface area contributed by atoms with Crippen molar-refractivity contribution in [1.29, 1.82) is 0 Å². The summed E-state index contributed by atoms with van der Waals surface area (Å²) < 4.78 is 6.40. The van der Waals surface area contributed by atoms with Gasteiger partial charge in [-0.05, 0) is 69.5 Å². The first-order valence-electron chi connectivity index (χ1n) is 11.8. The number of cyclic esters (lactones) is 1.